The Balaban J connectivity index is 1.78. The van der Waals surface area contributed by atoms with Crippen molar-refractivity contribution in [1.29, 1.82) is 0 Å². The Hall–Kier alpha value is -2.73. The van der Waals surface area contributed by atoms with E-state index >= 15 is 0 Å². The van der Waals surface area contributed by atoms with Crippen LogP contribution in [0.1, 0.15) is 36.1 Å². The van der Waals surface area contributed by atoms with Crippen molar-refractivity contribution < 1.29 is 9.90 Å². The van der Waals surface area contributed by atoms with Gasteiger partial charge in [-0.05, 0) is 56.7 Å². The van der Waals surface area contributed by atoms with E-state index in [2.05, 4.69) is 5.10 Å². The highest BCUT2D eigenvalue weighted by atomic mass is 35.5. The molecule has 0 fully saturated rings. The molecular formula is C24H21ClN2O2S. The van der Waals surface area contributed by atoms with Gasteiger partial charge in [-0.2, -0.15) is 5.10 Å². The maximum atomic E-state index is 11.6. The van der Waals surface area contributed by atoms with Crippen molar-refractivity contribution in [3.05, 3.63) is 82.3 Å². The molecule has 0 aliphatic heterocycles. The standard InChI is InChI=1S/C24H21ClN2O2S/c1-15(28)21-12-13-22(30-21)17-10-8-16(9-11-17)20-14-23(24(2,3)29)26-27(20)19-7-5-4-6-18(19)25/h4-14,29H,1-3H3. The van der Waals surface area contributed by atoms with Gasteiger partial charge in [0.15, 0.2) is 5.78 Å². The van der Waals surface area contributed by atoms with Crippen molar-refractivity contribution in [2.24, 2.45) is 0 Å². The average molecular weight is 437 g/mol. The number of Topliss-reactive ketones (excluding diaryl/α,β-unsaturated/α-hetero) is 1. The molecule has 0 spiro atoms. The first-order valence-electron chi connectivity index (χ1n) is 9.53. The van der Waals surface area contributed by atoms with Crippen LogP contribution in [-0.2, 0) is 5.60 Å². The van der Waals surface area contributed by atoms with Crippen molar-refractivity contribution in [3.8, 4) is 27.4 Å². The molecule has 0 unspecified atom stereocenters. The van der Waals surface area contributed by atoms with Gasteiger partial charge in [0.25, 0.3) is 0 Å². The first kappa shape index (κ1) is 20.5. The number of carbonyl (C=O) groups is 1. The molecule has 0 aliphatic rings. The molecule has 0 amide bonds. The van der Waals surface area contributed by atoms with E-state index in [-0.39, 0.29) is 5.78 Å². The first-order valence-corrected chi connectivity index (χ1v) is 10.7. The molecule has 0 saturated heterocycles. The summed E-state index contributed by atoms with van der Waals surface area (Å²) < 4.78 is 1.77. The van der Waals surface area contributed by atoms with Crippen molar-refractivity contribution in [3.63, 3.8) is 0 Å². The maximum Gasteiger partial charge on any atom is 0.169 e. The topological polar surface area (TPSA) is 55.1 Å². The minimum Gasteiger partial charge on any atom is -0.384 e. The predicted molar refractivity (Wildman–Crippen MR) is 123 cm³/mol. The highest BCUT2D eigenvalue weighted by Crippen LogP contribution is 2.33. The summed E-state index contributed by atoms with van der Waals surface area (Å²) in [4.78, 5) is 13.4. The summed E-state index contributed by atoms with van der Waals surface area (Å²) in [5.41, 5.74) is 3.06. The molecule has 4 nitrogen and oxygen atoms in total. The number of carbonyl (C=O) groups excluding carboxylic acids is 1. The number of thiophene rings is 1. The van der Waals surface area contributed by atoms with Crippen LogP contribution in [0.3, 0.4) is 0 Å². The zero-order valence-corrected chi connectivity index (χ0v) is 18.5. The molecule has 2 aromatic carbocycles. The highest BCUT2D eigenvalue weighted by molar-refractivity contribution is 7.17. The monoisotopic (exact) mass is 436 g/mol. The van der Waals surface area contributed by atoms with Crippen LogP contribution in [0.2, 0.25) is 5.02 Å². The molecule has 0 atom stereocenters. The normalized spacial score (nSPS) is 11.6. The summed E-state index contributed by atoms with van der Waals surface area (Å²) in [7, 11) is 0. The lowest BCUT2D eigenvalue weighted by molar-refractivity contribution is 0.0734. The van der Waals surface area contributed by atoms with Crippen LogP contribution in [0.5, 0.6) is 0 Å². The van der Waals surface area contributed by atoms with E-state index in [0.29, 0.717) is 10.7 Å². The van der Waals surface area contributed by atoms with Gasteiger partial charge < -0.3 is 5.11 Å². The van der Waals surface area contributed by atoms with Gasteiger partial charge >= 0.3 is 0 Å². The molecule has 2 heterocycles. The molecule has 0 saturated carbocycles. The molecule has 6 heteroatoms. The largest absolute Gasteiger partial charge is 0.384 e. The summed E-state index contributed by atoms with van der Waals surface area (Å²) in [6.45, 7) is 5.00. The molecule has 0 aliphatic carbocycles. The minimum absolute atomic E-state index is 0.0747. The van der Waals surface area contributed by atoms with E-state index in [1.807, 2.05) is 66.7 Å². The Labute approximate surface area is 184 Å². The van der Waals surface area contributed by atoms with Gasteiger partial charge in [0, 0.05) is 10.4 Å². The number of ketones is 1. The van der Waals surface area contributed by atoms with Crippen molar-refractivity contribution >= 4 is 28.7 Å². The van der Waals surface area contributed by atoms with E-state index in [1.165, 1.54) is 11.3 Å². The fourth-order valence-corrected chi connectivity index (χ4v) is 4.30. The van der Waals surface area contributed by atoms with Gasteiger partial charge in [0.05, 0.1) is 27.0 Å². The Kier molecular flexibility index (Phi) is 5.36. The smallest absolute Gasteiger partial charge is 0.169 e. The third-order valence-electron chi connectivity index (χ3n) is 4.84. The third kappa shape index (κ3) is 3.97. The number of nitrogens with zero attached hydrogens (tertiary/aromatic N) is 2. The quantitative estimate of drug-likeness (QED) is 0.371. The molecule has 30 heavy (non-hydrogen) atoms. The number of hydrogen-bond acceptors (Lipinski definition) is 4. The van der Waals surface area contributed by atoms with Crippen LogP contribution >= 0.6 is 22.9 Å². The van der Waals surface area contributed by atoms with Crippen molar-refractivity contribution in [2.45, 2.75) is 26.4 Å². The SMILES string of the molecule is CC(=O)c1ccc(-c2ccc(-c3cc(C(C)(C)O)nn3-c3ccccc3Cl)cc2)s1. The lowest BCUT2D eigenvalue weighted by Crippen LogP contribution is -2.16. The number of hydrogen-bond donors (Lipinski definition) is 1. The number of aliphatic hydroxyl groups is 1. The number of halogens is 1. The Bertz CT molecular complexity index is 1220. The highest BCUT2D eigenvalue weighted by Gasteiger charge is 2.23. The fourth-order valence-electron chi connectivity index (χ4n) is 3.18. The zero-order chi connectivity index (χ0) is 21.5. The second-order valence-corrected chi connectivity index (χ2v) is 9.13. The van der Waals surface area contributed by atoms with E-state index in [4.69, 9.17) is 11.6 Å². The van der Waals surface area contributed by atoms with Crippen LogP contribution in [0.15, 0.2) is 66.7 Å². The van der Waals surface area contributed by atoms with Gasteiger partial charge in [-0.1, -0.05) is 48.0 Å². The summed E-state index contributed by atoms with van der Waals surface area (Å²) in [6, 6.07) is 21.3. The van der Waals surface area contributed by atoms with Gasteiger partial charge in [-0.3, -0.25) is 4.79 Å². The van der Waals surface area contributed by atoms with Crippen LogP contribution in [0.25, 0.3) is 27.4 Å². The minimum atomic E-state index is -1.08. The second-order valence-electron chi connectivity index (χ2n) is 7.63. The van der Waals surface area contributed by atoms with E-state index in [9.17, 15) is 9.90 Å². The Morgan fingerprint density at radius 1 is 1.03 bits per heavy atom. The third-order valence-corrected chi connectivity index (χ3v) is 6.39. The van der Waals surface area contributed by atoms with Crippen LogP contribution in [-0.4, -0.2) is 20.7 Å². The molecule has 152 valence electrons. The Morgan fingerprint density at radius 2 is 1.70 bits per heavy atom. The molecule has 2 aromatic heterocycles. The Morgan fingerprint density at radius 3 is 2.30 bits per heavy atom. The summed E-state index contributed by atoms with van der Waals surface area (Å²) in [6.07, 6.45) is 0. The number of para-hydroxylation sites is 1. The average Bonchev–Trinajstić information content (AvgIpc) is 3.36. The van der Waals surface area contributed by atoms with Crippen molar-refractivity contribution in [1.82, 2.24) is 9.78 Å². The molecule has 1 N–H and O–H groups in total. The summed E-state index contributed by atoms with van der Waals surface area (Å²) in [5.74, 6) is 0.0747. The summed E-state index contributed by atoms with van der Waals surface area (Å²) >= 11 is 7.91. The molecule has 4 aromatic rings. The molecule has 4 rings (SSSR count). The number of rotatable bonds is 5. The number of aromatic nitrogens is 2. The summed E-state index contributed by atoms with van der Waals surface area (Å²) in [5, 5.41) is 15.7. The predicted octanol–water partition coefficient (Wildman–Crippen LogP) is 6.35. The van der Waals surface area contributed by atoms with Crippen LogP contribution in [0.4, 0.5) is 0 Å². The zero-order valence-electron chi connectivity index (χ0n) is 16.9. The fraction of sp³-hybridized carbons (Fsp3) is 0.167. The van der Waals surface area contributed by atoms with Crippen molar-refractivity contribution in [2.75, 3.05) is 0 Å². The maximum absolute atomic E-state index is 11.6. The lowest BCUT2D eigenvalue weighted by atomic mass is 10.0. The van der Waals surface area contributed by atoms with E-state index in [1.54, 1.807) is 25.5 Å². The van der Waals surface area contributed by atoms with Gasteiger partial charge in [0.1, 0.15) is 5.60 Å². The first-order chi connectivity index (χ1) is 14.2. The number of benzene rings is 2. The molecule has 0 radical (unpaired) electrons. The van der Waals surface area contributed by atoms with Crippen LogP contribution < -0.4 is 0 Å². The molecular weight excluding hydrogens is 416 g/mol. The lowest BCUT2D eigenvalue weighted by Gasteiger charge is -2.13. The van der Waals surface area contributed by atoms with E-state index < -0.39 is 5.60 Å². The van der Waals surface area contributed by atoms with Crippen LogP contribution in [0, 0.1) is 0 Å². The second kappa shape index (κ2) is 7.84. The van der Waals surface area contributed by atoms with E-state index in [0.717, 1.165) is 32.3 Å². The van der Waals surface area contributed by atoms with Gasteiger partial charge in [-0.25, -0.2) is 4.68 Å². The van der Waals surface area contributed by atoms with Gasteiger partial charge in [-0.15, -0.1) is 11.3 Å². The van der Waals surface area contributed by atoms with Gasteiger partial charge in [0.2, 0.25) is 0 Å². The molecule has 0 bridgehead atoms.